The highest BCUT2D eigenvalue weighted by atomic mass is 16.2. The number of amides is 2. The lowest BCUT2D eigenvalue weighted by Gasteiger charge is -2.24. The number of carbonyl (C=O) groups excluding carboxylic acids is 2. The molecule has 0 saturated heterocycles. The van der Waals surface area contributed by atoms with Gasteiger partial charge in [-0.05, 0) is 37.5 Å². The molecule has 2 amide bonds. The molecule has 1 N–H and O–H groups in total. The number of rotatable bonds is 6. The second kappa shape index (κ2) is 7.95. The van der Waals surface area contributed by atoms with E-state index in [2.05, 4.69) is 15.4 Å². The number of hydrogen-bond acceptors (Lipinski definition) is 4. The van der Waals surface area contributed by atoms with E-state index in [0.717, 1.165) is 29.8 Å². The molecule has 0 radical (unpaired) electrons. The monoisotopic (exact) mass is 353 g/mol. The molecule has 0 spiro atoms. The SMILES string of the molecule is Cc1ccc(C)c(N2N=C(C(=O)NCCCn3ccnc3)CCC2=O)c1. The number of nitrogens with zero attached hydrogens (tertiary/aromatic N) is 4. The van der Waals surface area contributed by atoms with Gasteiger partial charge < -0.3 is 9.88 Å². The summed E-state index contributed by atoms with van der Waals surface area (Å²) in [6.07, 6.45) is 6.83. The van der Waals surface area contributed by atoms with E-state index in [4.69, 9.17) is 0 Å². The van der Waals surface area contributed by atoms with E-state index in [-0.39, 0.29) is 18.2 Å². The topological polar surface area (TPSA) is 79.6 Å². The lowest BCUT2D eigenvalue weighted by atomic mass is 10.1. The molecule has 0 atom stereocenters. The summed E-state index contributed by atoms with van der Waals surface area (Å²) in [7, 11) is 0. The number of aromatic nitrogens is 2. The molecule has 1 aromatic heterocycles. The van der Waals surface area contributed by atoms with Crippen LogP contribution in [0.25, 0.3) is 0 Å². The fourth-order valence-electron chi connectivity index (χ4n) is 2.84. The molecule has 2 heterocycles. The van der Waals surface area contributed by atoms with Gasteiger partial charge in [0.2, 0.25) is 5.91 Å². The van der Waals surface area contributed by atoms with Crippen molar-refractivity contribution >= 4 is 23.2 Å². The summed E-state index contributed by atoms with van der Waals surface area (Å²) in [5.41, 5.74) is 3.13. The van der Waals surface area contributed by atoms with Crippen molar-refractivity contribution in [1.82, 2.24) is 14.9 Å². The Kier molecular flexibility index (Phi) is 5.46. The van der Waals surface area contributed by atoms with E-state index < -0.39 is 0 Å². The Bertz CT molecular complexity index is 826. The normalized spacial score (nSPS) is 14.3. The van der Waals surface area contributed by atoms with Crippen LogP contribution in [0, 0.1) is 13.8 Å². The van der Waals surface area contributed by atoms with Gasteiger partial charge in [0.15, 0.2) is 0 Å². The molecule has 1 aliphatic rings. The molecule has 3 rings (SSSR count). The quantitative estimate of drug-likeness (QED) is 0.809. The predicted molar refractivity (Wildman–Crippen MR) is 99.9 cm³/mol. The maximum atomic E-state index is 12.4. The van der Waals surface area contributed by atoms with Crippen molar-refractivity contribution in [2.75, 3.05) is 11.6 Å². The Balaban J connectivity index is 1.64. The van der Waals surface area contributed by atoms with E-state index in [1.165, 1.54) is 5.01 Å². The molecule has 0 unspecified atom stereocenters. The molecular weight excluding hydrogens is 330 g/mol. The largest absolute Gasteiger partial charge is 0.351 e. The van der Waals surface area contributed by atoms with Crippen molar-refractivity contribution in [1.29, 1.82) is 0 Å². The van der Waals surface area contributed by atoms with Crippen LogP contribution in [0.1, 0.15) is 30.4 Å². The molecule has 0 aliphatic carbocycles. The third-order valence-corrected chi connectivity index (χ3v) is 4.33. The molecule has 7 heteroatoms. The van der Waals surface area contributed by atoms with Crippen LogP contribution < -0.4 is 10.3 Å². The van der Waals surface area contributed by atoms with Crippen LogP contribution in [0.15, 0.2) is 42.0 Å². The number of nitrogens with one attached hydrogen (secondary N) is 1. The lowest BCUT2D eigenvalue weighted by molar-refractivity contribution is -0.119. The fraction of sp³-hybridized carbons (Fsp3) is 0.368. The van der Waals surface area contributed by atoms with Crippen LogP contribution in [0.5, 0.6) is 0 Å². The number of imidazole rings is 1. The molecule has 26 heavy (non-hydrogen) atoms. The molecule has 0 bridgehead atoms. The molecule has 1 aromatic carbocycles. The van der Waals surface area contributed by atoms with Crippen LogP contribution in [-0.4, -0.2) is 33.6 Å². The maximum Gasteiger partial charge on any atom is 0.267 e. The summed E-state index contributed by atoms with van der Waals surface area (Å²) in [5.74, 6) is -0.297. The maximum absolute atomic E-state index is 12.4. The summed E-state index contributed by atoms with van der Waals surface area (Å²) >= 11 is 0. The molecule has 0 fully saturated rings. The Morgan fingerprint density at radius 2 is 2.12 bits per heavy atom. The summed E-state index contributed by atoms with van der Waals surface area (Å²) in [5, 5.41) is 8.59. The standard InChI is InChI=1S/C19H23N5O2/c1-14-4-5-15(2)17(12-14)24-18(25)7-6-16(22-24)19(26)21-8-3-10-23-11-9-20-13-23/h4-5,9,11-13H,3,6-8,10H2,1-2H3,(H,21,26). The van der Waals surface area contributed by atoms with Crippen molar-refractivity contribution in [3.63, 3.8) is 0 Å². The first-order valence-corrected chi connectivity index (χ1v) is 8.76. The first-order valence-electron chi connectivity index (χ1n) is 8.76. The Morgan fingerprint density at radius 3 is 2.88 bits per heavy atom. The van der Waals surface area contributed by atoms with Crippen molar-refractivity contribution in [2.24, 2.45) is 5.10 Å². The van der Waals surface area contributed by atoms with Crippen LogP contribution >= 0.6 is 0 Å². The number of benzene rings is 1. The minimum Gasteiger partial charge on any atom is -0.351 e. The van der Waals surface area contributed by atoms with E-state index in [9.17, 15) is 9.59 Å². The zero-order chi connectivity index (χ0) is 18.5. The number of hydrogen-bond donors (Lipinski definition) is 1. The van der Waals surface area contributed by atoms with Gasteiger partial charge in [-0.2, -0.15) is 5.10 Å². The first kappa shape index (κ1) is 17.8. The van der Waals surface area contributed by atoms with Gasteiger partial charge in [0.1, 0.15) is 5.71 Å². The molecule has 136 valence electrons. The second-order valence-electron chi connectivity index (χ2n) is 6.45. The molecule has 2 aromatic rings. The highest BCUT2D eigenvalue weighted by Crippen LogP contribution is 2.25. The summed E-state index contributed by atoms with van der Waals surface area (Å²) < 4.78 is 1.96. The first-order chi connectivity index (χ1) is 12.5. The van der Waals surface area contributed by atoms with Gasteiger partial charge in [0, 0.05) is 38.3 Å². The molecule has 1 aliphatic heterocycles. The van der Waals surface area contributed by atoms with Gasteiger partial charge in [-0.3, -0.25) is 9.59 Å². The van der Waals surface area contributed by atoms with Crippen LogP contribution in [-0.2, 0) is 16.1 Å². The summed E-state index contributed by atoms with van der Waals surface area (Å²) in [6.45, 7) is 5.24. The van der Waals surface area contributed by atoms with Crippen molar-refractivity contribution in [3.05, 3.63) is 48.0 Å². The number of anilines is 1. The van der Waals surface area contributed by atoms with Gasteiger partial charge in [-0.15, -0.1) is 0 Å². The third kappa shape index (κ3) is 4.17. The van der Waals surface area contributed by atoms with Crippen LogP contribution in [0.3, 0.4) is 0 Å². The molecule has 0 saturated carbocycles. The van der Waals surface area contributed by atoms with Crippen LogP contribution in [0.2, 0.25) is 0 Å². The van der Waals surface area contributed by atoms with E-state index in [1.807, 2.05) is 42.8 Å². The van der Waals surface area contributed by atoms with Crippen LogP contribution in [0.4, 0.5) is 5.69 Å². The lowest BCUT2D eigenvalue weighted by Crippen LogP contribution is -2.39. The predicted octanol–water partition coefficient (Wildman–Crippen LogP) is 2.19. The minimum atomic E-state index is -0.210. The average Bonchev–Trinajstić information content (AvgIpc) is 3.14. The van der Waals surface area contributed by atoms with Gasteiger partial charge in [-0.1, -0.05) is 12.1 Å². The fourth-order valence-corrected chi connectivity index (χ4v) is 2.84. The highest BCUT2D eigenvalue weighted by Gasteiger charge is 2.26. The van der Waals surface area contributed by atoms with Crippen molar-refractivity contribution in [3.8, 4) is 0 Å². The number of aryl methyl sites for hydroxylation is 3. The Labute approximate surface area is 152 Å². The average molecular weight is 353 g/mol. The van der Waals surface area contributed by atoms with E-state index >= 15 is 0 Å². The Hall–Kier alpha value is -2.96. The summed E-state index contributed by atoms with van der Waals surface area (Å²) in [4.78, 5) is 28.7. The zero-order valence-electron chi connectivity index (χ0n) is 15.1. The van der Waals surface area contributed by atoms with E-state index in [1.54, 1.807) is 12.5 Å². The summed E-state index contributed by atoms with van der Waals surface area (Å²) in [6, 6.07) is 5.87. The minimum absolute atomic E-state index is 0.0876. The number of carbonyl (C=O) groups is 2. The van der Waals surface area contributed by atoms with Crippen molar-refractivity contribution < 1.29 is 9.59 Å². The van der Waals surface area contributed by atoms with E-state index in [0.29, 0.717) is 18.7 Å². The number of hydrazone groups is 1. The highest BCUT2D eigenvalue weighted by molar-refractivity contribution is 6.40. The zero-order valence-corrected chi connectivity index (χ0v) is 15.1. The second-order valence-corrected chi connectivity index (χ2v) is 6.45. The van der Waals surface area contributed by atoms with Gasteiger partial charge in [0.05, 0.1) is 12.0 Å². The Morgan fingerprint density at radius 1 is 1.27 bits per heavy atom. The smallest absolute Gasteiger partial charge is 0.267 e. The van der Waals surface area contributed by atoms with Gasteiger partial charge in [-0.25, -0.2) is 9.99 Å². The third-order valence-electron chi connectivity index (χ3n) is 4.33. The molecular formula is C19H23N5O2. The van der Waals surface area contributed by atoms with Gasteiger partial charge >= 0.3 is 0 Å². The van der Waals surface area contributed by atoms with Gasteiger partial charge in [0.25, 0.3) is 5.91 Å². The van der Waals surface area contributed by atoms with Crippen molar-refractivity contribution in [2.45, 2.75) is 39.7 Å². The molecule has 7 nitrogen and oxygen atoms in total.